The van der Waals surface area contributed by atoms with Gasteiger partial charge in [0.25, 0.3) is 0 Å². The summed E-state index contributed by atoms with van der Waals surface area (Å²) in [6.07, 6.45) is 1.82. The Morgan fingerprint density at radius 1 is 0.938 bits per heavy atom. The molecule has 1 saturated heterocycles. The van der Waals surface area contributed by atoms with Crippen molar-refractivity contribution in [2.75, 3.05) is 26.3 Å². The highest BCUT2D eigenvalue weighted by atomic mass is 32.2. The molecule has 0 unspecified atom stereocenters. The van der Waals surface area contributed by atoms with Gasteiger partial charge >= 0.3 is 0 Å². The van der Waals surface area contributed by atoms with Crippen LogP contribution in [0.1, 0.15) is 12.5 Å². The molecule has 7 heteroatoms. The number of morpholine rings is 1. The molecule has 2 heterocycles. The van der Waals surface area contributed by atoms with Gasteiger partial charge in [-0.3, -0.25) is 4.99 Å². The van der Waals surface area contributed by atoms with E-state index in [-0.39, 0.29) is 4.90 Å². The highest BCUT2D eigenvalue weighted by Gasteiger charge is 2.26. The lowest BCUT2D eigenvalue weighted by Crippen LogP contribution is -2.40. The number of para-hydroxylation sites is 1. The molecule has 6 nitrogen and oxygen atoms in total. The van der Waals surface area contributed by atoms with Crippen molar-refractivity contribution in [3.63, 3.8) is 0 Å². The standard InChI is InChI=1S/C25H25N3O3S/c1-2-28-24-6-4-3-5-22(24)23-17-19(7-12-25(23)28)18-26-20-8-10-21(11-9-20)32(29,30)27-13-15-31-16-14-27/h3-12,17-18H,2,13-16H2,1H3. The second-order valence-corrected chi connectivity index (χ2v) is 9.74. The van der Waals surface area contributed by atoms with Crippen molar-refractivity contribution in [3.05, 3.63) is 72.3 Å². The van der Waals surface area contributed by atoms with Crippen molar-refractivity contribution in [1.82, 2.24) is 8.87 Å². The van der Waals surface area contributed by atoms with Crippen LogP contribution in [-0.4, -0.2) is 49.8 Å². The van der Waals surface area contributed by atoms with E-state index in [2.05, 4.69) is 58.9 Å². The Labute approximate surface area is 187 Å². The van der Waals surface area contributed by atoms with Gasteiger partial charge in [0.05, 0.1) is 23.8 Å². The van der Waals surface area contributed by atoms with Crippen molar-refractivity contribution in [3.8, 4) is 0 Å². The first-order valence-corrected chi connectivity index (χ1v) is 12.2. The fourth-order valence-corrected chi connectivity index (χ4v) is 5.69. The van der Waals surface area contributed by atoms with Crippen molar-refractivity contribution in [2.45, 2.75) is 18.4 Å². The van der Waals surface area contributed by atoms with Crippen LogP contribution in [-0.2, 0) is 21.3 Å². The summed E-state index contributed by atoms with van der Waals surface area (Å²) in [6.45, 7) is 4.71. The first kappa shape index (κ1) is 20.9. The number of ether oxygens (including phenoxy) is 1. The van der Waals surface area contributed by atoms with Crippen molar-refractivity contribution >= 4 is 43.7 Å². The molecule has 0 saturated carbocycles. The number of sulfonamides is 1. The monoisotopic (exact) mass is 447 g/mol. The minimum atomic E-state index is -3.49. The molecule has 3 aromatic carbocycles. The van der Waals surface area contributed by atoms with Gasteiger partial charge in [0, 0.05) is 47.7 Å². The number of hydrogen-bond acceptors (Lipinski definition) is 4. The average Bonchev–Trinajstić information content (AvgIpc) is 3.16. The third-order valence-electron chi connectivity index (χ3n) is 5.92. The average molecular weight is 448 g/mol. The maximum absolute atomic E-state index is 12.8. The molecule has 1 aliphatic rings. The molecule has 0 radical (unpaired) electrons. The molecule has 5 rings (SSSR count). The zero-order valence-corrected chi connectivity index (χ0v) is 18.8. The topological polar surface area (TPSA) is 63.9 Å². The van der Waals surface area contributed by atoms with Gasteiger partial charge in [-0.15, -0.1) is 0 Å². The fraction of sp³-hybridized carbons (Fsp3) is 0.240. The molecule has 0 spiro atoms. The normalized spacial score (nSPS) is 15.8. The van der Waals surface area contributed by atoms with Crippen LogP contribution in [0.3, 0.4) is 0 Å². The quantitative estimate of drug-likeness (QED) is 0.421. The summed E-state index contributed by atoms with van der Waals surface area (Å²) in [5.74, 6) is 0. The molecular formula is C25H25N3O3S. The molecule has 0 N–H and O–H groups in total. The van der Waals surface area contributed by atoms with Gasteiger partial charge in [0.15, 0.2) is 0 Å². The van der Waals surface area contributed by atoms with Gasteiger partial charge < -0.3 is 9.30 Å². The van der Waals surface area contributed by atoms with Crippen LogP contribution in [0.25, 0.3) is 21.8 Å². The Morgan fingerprint density at radius 3 is 2.41 bits per heavy atom. The molecule has 1 aromatic heterocycles. The number of nitrogens with zero attached hydrogens (tertiary/aromatic N) is 3. The third-order valence-corrected chi connectivity index (χ3v) is 7.83. The first-order chi connectivity index (χ1) is 15.6. The molecular weight excluding hydrogens is 422 g/mol. The summed E-state index contributed by atoms with van der Waals surface area (Å²) >= 11 is 0. The van der Waals surface area contributed by atoms with E-state index in [9.17, 15) is 8.42 Å². The van der Waals surface area contributed by atoms with E-state index in [0.717, 1.165) is 12.1 Å². The number of hydrogen-bond donors (Lipinski definition) is 0. The van der Waals surface area contributed by atoms with Crippen molar-refractivity contribution in [2.24, 2.45) is 4.99 Å². The molecule has 32 heavy (non-hydrogen) atoms. The number of fused-ring (bicyclic) bond motifs is 3. The third kappa shape index (κ3) is 3.72. The highest BCUT2D eigenvalue weighted by molar-refractivity contribution is 7.89. The lowest BCUT2D eigenvalue weighted by Gasteiger charge is -2.26. The predicted molar refractivity (Wildman–Crippen MR) is 128 cm³/mol. The zero-order valence-electron chi connectivity index (χ0n) is 17.9. The van der Waals surface area contributed by atoms with E-state index < -0.39 is 10.0 Å². The summed E-state index contributed by atoms with van der Waals surface area (Å²) in [5.41, 5.74) is 4.16. The maximum atomic E-state index is 12.8. The minimum Gasteiger partial charge on any atom is -0.379 e. The smallest absolute Gasteiger partial charge is 0.243 e. The summed E-state index contributed by atoms with van der Waals surface area (Å²) in [5, 5.41) is 2.44. The van der Waals surface area contributed by atoms with E-state index in [4.69, 9.17) is 4.74 Å². The molecule has 164 valence electrons. The summed E-state index contributed by atoms with van der Waals surface area (Å²) in [7, 11) is -3.49. The summed E-state index contributed by atoms with van der Waals surface area (Å²) < 4.78 is 34.6. The Balaban J connectivity index is 1.41. The fourth-order valence-electron chi connectivity index (χ4n) is 4.28. The number of aromatic nitrogens is 1. The summed E-state index contributed by atoms with van der Waals surface area (Å²) in [6, 6.07) is 21.5. The van der Waals surface area contributed by atoms with Crippen molar-refractivity contribution < 1.29 is 13.2 Å². The second kappa shape index (κ2) is 8.50. The molecule has 0 amide bonds. The van der Waals surface area contributed by atoms with Crippen LogP contribution in [0.4, 0.5) is 5.69 Å². The number of rotatable bonds is 5. The number of aryl methyl sites for hydroxylation is 1. The molecule has 0 atom stereocenters. The first-order valence-electron chi connectivity index (χ1n) is 10.8. The van der Waals surface area contributed by atoms with E-state index >= 15 is 0 Å². The Morgan fingerprint density at radius 2 is 1.66 bits per heavy atom. The largest absolute Gasteiger partial charge is 0.379 e. The zero-order chi connectivity index (χ0) is 22.1. The van der Waals surface area contributed by atoms with Crippen LogP contribution < -0.4 is 0 Å². The molecule has 0 bridgehead atoms. The van der Waals surface area contributed by atoms with Crippen LogP contribution in [0.2, 0.25) is 0 Å². The minimum absolute atomic E-state index is 0.284. The van der Waals surface area contributed by atoms with E-state index in [1.807, 2.05) is 6.21 Å². The van der Waals surface area contributed by atoms with Gasteiger partial charge in [0.2, 0.25) is 10.0 Å². The maximum Gasteiger partial charge on any atom is 0.243 e. The lowest BCUT2D eigenvalue weighted by atomic mass is 10.1. The van der Waals surface area contributed by atoms with E-state index in [1.54, 1.807) is 24.3 Å². The summed E-state index contributed by atoms with van der Waals surface area (Å²) in [4.78, 5) is 4.85. The lowest BCUT2D eigenvalue weighted by molar-refractivity contribution is 0.0730. The SMILES string of the molecule is CCn1c2ccccc2c2cc(C=Nc3ccc(S(=O)(=O)N4CCOCC4)cc3)ccc21. The van der Waals surface area contributed by atoms with Crippen LogP contribution in [0, 0.1) is 0 Å². The Hall–Kier alpha value is -3.00. The number of aliphatic imine (C=N–C) groups is 1. The van der Waals surface area contributed by atoms with Crippen LogP contribution in [0.5, 0.6) is 0 Å². The van der Waals surface area contributed by atoms with E-state index in [0.29, 0.717) is 32.0 Å². The van der Waals surface area contributed by atoms with Gasteiger partial charge in [-0.25, -0.2) is 8.42 Å². The molecule has 0 aliphatic carbocycles. The molecule has 1 aliphatic heterocycles. The van der Waals surface area contributed by atoms with Gasteiger partial charge in [-0.2, -0.15) is 4.31 Å². The highest BCUT2D eigenvalue weighted by Crippen LogP contribution is 2.29. The van der Waals surface area contributed by atoms with Crippen LogP contribution >= 0.6 is 0 Å². The Kier molecular flexibility index (Phi) is 5.55. The second-order valence-electron chi connectivity index (χ2n) is 7.81. The molecule has 4 aromatic rings. The van der Waals surface area contributed by atoms with Gasteiger partial charge in [0.1, 0.15) is 0 Å². The molecule has 1 fully saturated rings. The van der Waals surface area contributed by atoms with Crippen LogP contribution in [0.15, 0.2) is 76.6 Å². The van der Waals surface area contributed by atoms with Gasteiger partial charge in [-0.05, 0) is 55.0 Å². The Bertz CT molecular complexity index is 1400. The van der Waals surface area contributed by atoms with Gasteiger partial charge in [-0.1, -0.05) is 24.3 Å². The van der Waals surface area contributed by atoms with E-state index in [1.165, 1.54) is 26.1 Å². The predicted octanol–water partition coefficient (Wildman–Crippen LogP) is 4.59. The number of benzene rings is 3. The van der Waals surface area contributed by atoms with Crippen molar-refractivity contribution in [1.29, 1.82) is 0 Å².